The SMILES string of the molecule is O=S(=O)(OCCN(S)S(=O)(=O)C(F)(F)F)c1ccc(I)cc1. The van der Waals surface area contributed by atoms with Crippen molar-refractivity contribution in [3.05, 3.63) is 27.8 Å². The summed E-state index contributed by atoms with van der Waals surface area (Å²) in [7, 11) is -9.84. The van der Waals surface area contributed by atoms with Crippen molar-refractivity contribution in [1.29, 1.82) is 0 Å². The van der Waals surface area contributed by atoms with E-state index in [-0.39, 0.29) is 8.61 Å². The third-order valence-corrected chi connectivity index (χ3v) is 6.41. The van der Waals surface area contributed by atoms with Crippen molar-refractivity contribution in [2.75, 3.05) is 13.2 Å². The molecule has 6 nitrogen and oxygen atoms in total. The number of alkyl halides is 3. The fraction of sp³-hybridized carbons (Fsp3) is 0.333. The Bertz CT molecular complexity index is 718. The number of halogens is 4. The van der Waals surface area contributed by atoms with Crippen LogP contribution in [0.3, 0.4) is 0 Å². The van der Waals surface area contributed by atoms with E-state index >= 15 is 0 Å². The molecule has 13 heteroatoms. The summed E-state index contributed by atoms with van der Waals surface area (Å²) in [4.78, 5) is -0.197. The first kappa shape index (κ1) is 20.0. The third kappa shape index (κ3) is 4.95. The maximum absolute atomic E-state index is 12.2. The van der Waals surface area contributed by atoms with Crippen molar-refractivity contribution in [2.45, 2.75) is 10.4 Å². The number of thiol groups is 1. The molecule has 0 radical (unpaired) electrons. The van der Waals surface area contributed by atoms with Gasteiger partial charge in [0.25, 0.3) is 10.1 Å². The fourth-order valence-electron chi connectivity index (χ4n) is 1.13. The Morgan fingerprint density at radius 2 is 1.64 bits per heavy atom. The van der Waals surface area contributed by atoms with Crippen LogP contribution in [-0.2, 0) is 24.3 Å². The van der Waals surface area contributed by atoms with E-state index in [0.29, 0.717) is 0 Å². The van der Waals surface area contributed by atoms with Gasteiger partial charge in [0.1, 0.15) is 0 Å². The van der Waals surface area contributed by atoms with Gasteiger partial charge in [0.05, 0.1) is 11.5 Å². The molecule has 0 aliphatic carbocycles. The largest absolute Gasteiger partial charge is 0.512 e. The maximum Gasteiger partial charge on any atom is 0.512 e. The zero-order chi connectivity index (χ0) is 17.2. The van der Waals surface area contributed by atoms with Gasteiger partial charge in [0.2, 0.25) is 0 Å². The zero-order valence-corrected chi connectivity index (χ0v) is 15.2. The Labute approximate surface area is 144 Å². The first-order chi connectivity index (χ1) is 9.88. The molecular weight excluding hydrogens is 482 g/mol. The minimum atomic E-state index is -5.64. The molecule has 0 atom stereocenters. The Kier molecular flexibility index (Phi) is 6.54. The summed E-state index contributed by atoms with van der Waals surface area (Å²) in [6, 6.07) is 5.50. The second-order valence-corrected chi connectivity index (χ2v) is 9.19. The Balaban J connectivity index is 2.69. The molecule has 0 saturated carbocycles. The average molecular weight is 491 g/mol. The lowest BCUT2D eigenvalue weighted by Gasteiger charge is -2.17. The monoisotopic (exact) mass is 491 g/mol. The van der Waals surface area contributed by atoms with E-state index < -0.39 is 38.8 Å². The molecule has 1 aromatic carbocycles. The summed E-state index contributed by atoms with van der Waals surface area (Å²) in [5.74, 6) is 0. The van der Waals surface area contributed by atoms with Gasteiger partial charge >= 0.3 is 15.5 Å². The highest BCUT2D eigenvalue weighted by molar-refractivity contribution is 14.1. The molecule has 0 unspecified atom stereocenters. The molecule has 0 saturated heterocycles. The molecule has 0 N–H and O–H groups in total. The van der Waals surface area contributed by atoms with Crippen LogP contribution in [0.15, 0.2) is 29.2 Å². The number of hydrogen-bond donors (Lipinski definition) is 1. The number of benzene rings is 1. The molecule has 126 valence electrons. The highest BCUT2D eigenvalue weighted by atomic mass is 127. The standard InChI is InChI=1S/C9H9F3INO5S3/c10-9(11,12)22(17,18)14(20)5-6-19-21(15,16)8-3-1-7(13)2-4-8/h1-4,20H,5-6H2. The van der Waals surface area contributed by atoms with E-state index in [9.17, 15) is 30.0 Å². The molecule has 1 aromatic rings. The molecule has 0 bridgehead atoms. The number of sulfonamides is 1. The summed E-state index contributed by atoms with van der Waals surface area (Å²) in [6.07, 6.45) is 0. The summed E-state index contributed by atoms with van der Waals surface area (Å²) in [5, 5.41) is 0. The van der Waals surface area contributed by atoms with E-state index in [1.807, 2.05) is 22.6 Å². The van der Waals surface area contributed by atoms with E-state index in [2.05, 4.69) is 17.0 Å². The van der Waals surface area contributed by atoms with Gasteiger partial charge in [-0.3, -0.25) is 4.18 Å². The van der Waals surface area contributed by atoms with Crippen molar-refractivity contribution in [3.8, 4) is 0 Å². The topological polar surface area (TPSA) is 80.8 Å². The molecule has 1 rings (SSSR count). The Morgan fingerprint density at radius 3 is 2.09 bits per heavy atom. The van der Waals surface area contributed by atoms with Crippen molar-refractivity contribution in [1.82, 2.24) is 3.71 Å². The molecule has 0 spiro atoms. The summed E-state index contributed by atoms with van der Waals surface area (Å²) in [5.41, 5.74) is -5.52. The highest BCUT2D eigenvalue weighted by Crippen LogP contribution is 2.27. The number of rotatable bonds is 6. The number of nitrogens with zero attached hydrogens (tertiary/aromatic N) is 1. The van der Waals surface area contributed by atoms with Gasteiger partial charge in [-0.2, -0.15) is 21.6 Å². The van der Waals surface area contributed by atoms with Gasteiger partial charge in [0.15, 0.2) is 0 Å². The zero-order valence-electron chi connectivity index (χ0n) is 10.5. The molecule has 0 amide bonds. The average Bonchev–Trinajstić information content (AvgIpc) is 2.37. The molecule has 0 aromatic heterocycles. The smallest absolute Gasteiger partial charge is 0.265 e. The lowest BCUT2D eigenvalue weighted by Crippen LogP contribution is -2.37. The van der Waals surface area contributed by atoms with E-state index in [0.717, 1.165) is 3.57 Å². The van der Waals surface area contributed by atoms with Crippen molar-refractivity contribution < 1.29 is 34.2 Å². The van der Waals surface area contributed by atoms with Gasteiger partial charge in [-0.15, -0.1) is 3.71 Å². The minimum absolute atomic E-state index is 0.197. The maximum atomic E-state index is 12.2. The highest BCUT2D eigenvalue weighted by Gasteiger charge is 2.49. The predicted molar refractivity (Wildman–Crippen MR) is 83.0 cm³/mol. The molecule has 0 fully saturated rings. The third-order valence-electron chi connectivity index (χ3n) is 2.19. The normalized spacial score (nSPS) is 13.5. The van der Waals surface area contributed by atoms with Crippen LogP contribution in [0, 0.1) is 3.57 Å². The molecule has 0 aliphatic heterocycles. The Morgan fingerprint density at radius 1 is 1.14 bits per heavy atom. The summed E-state index contributed by atoms with van der Waals surface area (Å²) in [6.45, 7) is -1.71. The van der Waals surface area contributed by atoms with Gasteiger partial charge < -0.3 is 0 Å². The predicted octanol–water partition coefficient (Wildman–Crippen LogP) is 1.99. The van der Waals surface area contributed by atoms with Crippen LogP contribution in [0.25, 0.3) is 0 Å². The second-order valence-electron chi connectivity index (χ2n) is 3.73. The summed E-state index contributed by atoms with van der Waals surface area (Å²) >= 11 is 5.14. The van der Waals surface area contributed by atoms with Gasteiger partial charge in [-0.05, 0) is 46.9 Å². The van der Waals surface area contributed by atoms with Crippen molar-refractivity contribution >= 4 is 55.5 Å². The van der Waals surface area contributed by atoms with Crippen LogP contribution in [0.4, 0.5) is 13.2 Å². The van der Waals surface area contributed by atoms with Crippen LogP contribution >= 0.6 is 35.4 Å². The second kappa shape index (κ2) is 7.21. The van der Waals surface area contributed by atoms with Crippen molar-refractivity contribution in [3.63, 3.8) is 0 Å². The fourth-order valence-corrected chi connectivity index (χ4v) is 3.31. The Hall–Kier alpha value is -0.0900. The first-order valence-electron chi connectivity index (χ1n) is 5.31. The van der Waals surface area contributed by atoms with Crippen molar-refractivity contribution in [2.24, 2.45) is 0 Å². The summed E-state index contributed by atoms with van der Waals surface area (Å²) < 4.78 is 86.9. The number of hydrogen-bond acceptors (Lipinski definition) is 6. The van der Waals surface area contributed by atoms with Crippen LogP contribution in [-0.4, -0.2) is 39.2 Å². The van der Waals surface area contributed by atoms with Crippen LogP contribution in [0.2, 0.25) is 0 Å². The first-order valence-corrected chi connectivity index (χ1v) is 9.63. The molecule has 0 heterocycles. The van der Waals surface area contributed by atoms with Gasteiger partial charge in [-0.25, -0.2) is 8.42 Å². The van der Waals surface area contributed by atoms with Gasteiger partial charge in [-0.1, -0.05) is 12.8 Å². The molecular formula is C9H9F3INO5S3. The molecule has 0 aliphatic rings. The van der Waals surface area contributed by atoms with Crippen LogP contribution in [0.5, 0.6) is 0 Å². The quantitative estimate of drug-likeness (QED) is 0.374. The van der Waals surface area contributed by atoms with E-state index in [1.165, 1.54) is 24.3 Å². The lowest BCUT2D eigenvalue weighted by atomic mass is 10.4. The van der Waals surface area contributed by atoms with Crippen LogP contribution in [0.1, 0.15) is 0 Å². The van der Waals surface area contributed by atoms with Crippen LogP contribution < -0.4 is 0 Å². The lowest BCUT2D eigenvalue weighted by molar-refractivity contribution is -0.0467. The van der Waals surface area contributed by atoms with E-state index in [4.69, 9.17) is 0 Å². The minimum Gasteiger partial charge on any atom is -0.265 e. The molecule has 22 heavy (non-hydrogen) atoms. The van der Waals surface area contributed by atoms with Gasteiger partial charge in [0, 0.05) is 10.1 Å². The van der Waals surface area contributed by atoms with E-state index in [1.54, 1.807) is 0 Å².